The van der Waals surface area contributed by atoms with E-state index in [1.807, 2.05) is 65.2 Å². The van der Waals surface area contributed by atoms with Crippen LogP contribution in [-0.4, -0.2) is 30.1 Å². The summed E-state index contributed by atoms with van der Waals surface area (Å²) in [6.45, 7) is 4.49. The van der Waals surface area contributed by atoms with E-state index in [9.17, 15) is 17.8 Å². The molecule has 186 valence electrons. The number of nitrogens with zero attached hydrogens (tertiary/aromatic N) is 2. The second-order valence-corrected chi connectivity index (χ2v) is 8.98. The van der Waals surface area contributed by atoms with E-state index in [0.717, 1.165) is 31.2 Å². The monoisotopic (exact) mass is 482 g/mol. The zero-order valence-electron chi connectivity index (χ0n) is 20.0. The first-order chi connectivity index (χ1) is 15.7. The van der Waals surface area contributed by atoms with Gasteiger partial charge in [-0.3, -0.25) is 4.18 Å². The number of ether oxygens (including phenoxy) is 1. The number of hydrogen-bond acceptors (Lipinski definition) is 6. The van der Waals surface area contributed by atoms with Crippen molar-refractivity contribution < 1.29 is 31.3 Å². The maximum atomic E-state index is 12.0. The minimum absolute atomic E-state index is 0.0258. The molecule has 33 heavy (non-hydrogen) atoms. The number of carbonyl (C=O) groups excluding carboxylic acids is 1. The molecule has 8 nitrogen and oxygen atoms in total. The fourth-order valence-corrected chi connectivity index (χ4v) is 3.53. The highest BCUT2D eigenvalue weighted by molar-refractivity contribution is 7.80. The predicted molar refractivity (Wildman–Crippen MR) is 125 cm³/mol. The van der Waals surface area contributed by atoms with Crippen LogP contribution in [0.5, 0.6) is 0 Å². The van der Waals surface area contributed by atoms with Gasteiger partial charge in [0.05, 0.1) is 13.7 Å². The van der Waals surface area contributed by atoms with Crippen LogP contribution in [0.1, 0.15) is 76.9 Å². The van der Waals surface area contributed by atoms with Crippen molar-refractivity contribution in [2.24, 2.45) is 7.05 Å². The van der Waals surface area contributed by atoms with Crippen LogP contribution in [0.4, 0.5) is 0 Å². The second-order valence-electron chi connectivity index (χ2n) is 7.93. The van der Waals surface area contributed by atoms with Crippen molar-refractivity contribution in [1.82, 2.24) is 4.57 Å². The third kappa shape index (κ3) is 14.5. The molecular weight excluding hydrogens is 444 g/mol. The third-order valence-electron chi connectivity index (χ3n) is 4.86. The Morgan fingerprint density at radius 3 is 2.30 bits per heavy atom. The van der Waals surface area contributed by atoms with Gasteiger partial charge in [-0.2, -0.15) is 0 Å². The van der Waals surface area contributed by atoms with Gasteiger partial charge < -0.3 is 9.29 Å². The highest BCUT2D eigenvalue weighted by atomic mass is 32.3. The van der Waals surface area contributed by atoms with E-state index < -0.39 is 10.4 Å². The van der Waals surface area contributed by atoms with Gasteiger partial charge in [-0.05, 0) is 18.4 Å². The van der Waals surface area contributed by atoms with Gasteiger partial charge in [-0.15, -0.1) is 0 Å². The van der Waals surface area contributed by atoms with Crippen LogP contribution >= 0.6 is 0 Å². The van der Waals surface area contributed by atoms with Gasteiger partial charge in [-0.25, -0.2) is 22.3 Å². The average Bonchev–Trinajstić information content (AvgIpc) is 3.17. The van der Waals surface area contributed by atoms with Gasteiger partial charge in [0.1, 0.15) is 18.5 Å². The lowest BCUT2D eigenvalue weighted by Crippen LogP contribution is -2.24. The molecule has 0 N–H and O–H groups in total. The predicted octanol–water partition coefficient (Wildman–Crippen LogP) is 4.22. The van der Waals surface area contributed by atoms with Crippen LogP contribution in [0.15, 0.2) is 49.1 Å². The molecular formula is C24H38N2O6S. The highest BCUT2D eigenvalue weighted by Crippen LogP contribution is 2.22. The summed E-state index contributed by atoms with van der Waals surface area (Å²) < 4.78 is 43.4. The summed E-state index contributed by atoms with van der Waals surface area (Å²) in [5, 5.41) is 0. The standard InChI is InChI=1S/C16H21N2O2.C8H18O4S/c1-3-7-15(14-8-5-4-6-9-14)20-16(19)12-18-11-10-17(2)13-18;1-2-3-4-5-6-7-8-12-13(9,10)11/h4-6,8-11,13,15H,3,7,12H2,1-2H3;2-8H2,1H3,(H,9,10,11)/q+1;/p-1. The summed E-state index contributed by atoms with van der Waals surface area (Å²) >= 11 is 0. The molecule has 2 aromatic rings. The van der Waals surface area contributed by atoms with Crippen LogP contribution in [0.25, 0.3) is 0 Å². The molecule has 0 saturated heterocycles. The van der Waals surface area contributed by atoms with Crippen molar-refractivity contribution in [2.45, 2.75) is 77.9 Å². The molecule has 1 unspecified atom stereocenters. The number of esters is 1. The lowest BCUT2D eigenvalue weighted by Gasteiger charge is -2.17. The number of imidazole rings is 1. The average molecular weight is 483 g/mol. The summed E-state index contributed by atoms with van der Waals surface area (Å²) in [6, 6.07) is 9.91. The quantitative estimate of drug-likeness (QED) is 0.131. The molecule has 0 aliphatic carbocycles. The Balaban J connectivity index is 0.000000366. The van der Waals surface area contributed by atoms with Crippen LogP contribution in [-0.2, 0) is 37.7 Å². The maximum Gasteiger partial charge on any atom is 0.349 e. The number of aryl methyl sites for hydroxylation is 1. The largest absolute Gasteiger partial charge is 0.726 e. The van der Waals surface area contributed by atoms with E-state index in [-0.39, 0.29) is 25.2 Å². The molecule has 0 spiro atoms. The zero-order valence-corrected chi connectivity index (χ0v) is 20.8. The van der Waals surface area contributed by atoms with E-state index in [2.05, 4.69) is 18.0 Å². The summed E-state index contributed by atoms with van der Waals surface area (Å²) in [7, 11) is -2.55. The van der Waals surface area contributed by atoms with Gasteiger partial charge in [0.25, 0.3) is 0 Å². The molecule has 0 fully saturated rings. The van der Waals surface area contributed by atoms with E-state index in [0.29, 0.717) is 6.42 Å². The Labute approximate surface area is 198 Å². The van der Waals surface area contributed by atoms with Gasteiger partial charge >= 0.3 is 5.97 Å². The fourth-order valence-electron chi connectivity index (χ4n) is 3.21. The van der Waals surface area contributed by atoms with Gasteiger partial charge in [0.15, 0.2) is 6.54 Å². The molecule has 0 aliphatic heterocycles. The first kappa shape index (κ1) is 28.8. The van der Waals surface area contributed by atoms with E-state index in [4.69, 9.17) is 4.74 Å². The number of unbranched alkanes of at least 4 members (excludes halogenated alkanes) is 5. The fraction of sp³-hybridized carbons (Fsp3) is 0.583. The highest BCUT2D eigenvalue weighted by Gasteiger charge is 2.17. The molecule has 0 amide bonds. The molecule has 0 bridgehead atoms. The molecule has 1 atom stereocenters. The molecule has 9 heteroatoms. The van der Waals surface area contributed by atoms with E-state index in [1.54, 1.807) is 0 Å². The lowest BCUT2D eigenvalue weighted by molar-refractivity contribution is -0.671. The zero-order chi connectivity index (χ0) is 24.5. The molecule has 1 aromatic carbocycles. The molecule has 2 rings (SSSR count). The Morgan fingerprint density at radius 2 is 1.73 bits per heavy atom. The van der Waals surface area contributed by atoms with Crippen LogP contribution in [0.2, 0.25) is 0 Å². The van der Waals surface area contributed by atoms with Crippen molar-refractivity contribution in [3.63, 3.8) is 0 Å². The smallest absolute Gasteiger partial charge is 0.349 e. The lowest BCUT2D eigenvalue weighted by atomic mass is 10.1. The minimum Gasteiger partial charge on any atom is -0.726 e. The minimum atomic E-state index is -4.47. The van der Waals surface area contributed by atoms with Gasteiger partial charge in [-0.1, -0.05) is 82.7 Å². The van der Waals surface area contributed by atoms with Crippen molar-refractivity contribution in [2.75, 3.05) is 6.61 Å². The first-order valence-electron chi connectivity index (χ1n) is 11.6. The Morgan fingerprint density at radius 1 is 1.06 bits per heavy atom. The first-order valence-corrected chi connectivity index (χ1v) is 12.9. The van der Waals surface area contributed by atoms with Crippen LogP contribution < -0.4 is 4.57 Å². The summed E-state index contributed by atoms with van der Waals surface area (Å²) in [4.78, 5) is 12.0. The molecule has 0 radical (unpaired) electrons. The number of carbonyl (C=O) groups is 1. The summed E-state index contributed by atoms with van der Waals surface area (Å²) in [5.41, 5.74) is 1.06. The summed E-state index contributed by atoms with van der Waals surface area (Å²) in [5.74, 6) is -0.205. The molecule has 1 aromatic heterocycles. The molecule has 0 aliphatic rings. The van der Waals surface area contributed by atoms with E-state index >= 15 is 0 Å². The van der Waals surface area contributed by atoms with Gasteiger partial charge in [0, 0.05) is 0 Å². The van der Waals surface area contributed by atoms with Gasteiger partial charge in [0.2, 0.25) is 16.7 Å². The number of rotatable bonds is 14. The van der Waals surface area contributed by atoms with Crippen LogP contribution in [0, 0.1) is 0 Å². The van der Waals surface area contributed by atoms with E-state index in [1.165, 1.54) is 19.3 Å². The molecule has 0 saturated carbocycles. The Hall–Kier alpha value is -2.23. The normalized spacial score (nSPS) is 12.0. The third-order valence-corrected chi connectivity index (χ3v) is 5.31. The van der Waals surface area contributed by atoms with Crippen molar-refractivity contribution in [3.8, 4) is 0 Å². The molecule has 1 heterocycles. The van der Waals surface area contributed by atoms with Crippen molar-refractivity contribution in [3.05, 3.63) is 54.6 Å². The topological polar surface area (TPSA) is 102 Å². The van der Waals surface area contributed by atoms with Crippen molar-refractivity contribution >= 4 is 16.4 Å². The SMILES string of the molecule is CCCC(OC(=O)Cn1cc[n+](C)c1)c1ccccc1.CCCCCCCCOS(=O)(=O)[O-]. The number of benzene rings is 1. The van der Waals surface area contributed by atoms with Crippen LogP contribution in [0.3, 0.4) is 0 Å². The second kappa shape index (κ2) is 16.4. The Kier molecular flexibility index (Phi) is 14.3. The summed E-state index contributed by atoms with van der Waals surface area (Å²) in [6.07, 6.45) is 13.5. The van der Waals surface area contributed by atoms with Crippen molar-refractivity contribution in [1.29, 1.82) is 0 Å². The Bertz CT molecular complexity index is 883. The number of hydrogen-bond donors (Lipinski definition) is 0. The maximum absolute atomic E-state index is 12.0. The number of aromatic nitrogens is 2.